The van der Waals surface area contributed by atoms with Gasteiger partial charge in [0.2, 0.25) is 0 Å². The first kappa shape index (κ1) is 12.2. The van der Waals surface area contributed by atoms with Crippen LogP contribution in [-0.4, -0.2) is 26.8 Å². The van der Waals surface area contributed by atoms with Crippen molar-refractivity contribution in [3.05, 3.63) is 23.5 Å². The van der Waals surface area contributed by atoms with Crippen molar-refractivity contribution in [1.82, 2.24) is 5.32 Å². The van der Waals surface area contributed by atoms with E-state index in [4.69, 9.17) is 9.47 Å². The largest absolute Gasteiger partial charge is 0.493 e. The van der Waals surface area contributed by atoms with E-state index < -0.39 is 0 Å². The molecule has 1 aromatic rings. The van der Waals surface area contributed by atoms with Crippen LogP contribution in [-0.2, 0) is 6.42 Å². The standard InChI is InChI=1S/C13H18FNO2/c1-16-12-8-10(14)6-9(13(12)17-2)7-11-4-3-5-15-11/h6,8,11,15H,3-5,7H2,1-2H3. The Balaban J connectivity index is 2.26. The fourth-order valence-corrected chi connectivity index (χ4v) is 2.35. The van der Waals surface area contributed by atoms with Gasteiger partial charge in [0.25, 0.3) is 0 Å². The van der Waals surface area contributed by atoms with Gasteiger partial charge in [-0.3, -0.25) is 0 Å². The minimum Gasteiger partial charge on any atom is -0.493 e. The van der Waals surface area contributed by atoms with E-state index in [1.165, 1.54) is 25.7 Å². The summed E-state index contributed by atoms with van der Waals surface area (Å²) in [6.45, 7) is 1.04. The smallest absolute Gasteiger partial charge is 0.164 e. The second-order valence-corrected chi connectivity index (χ2v) is 4.30. The molecule has 0 saturated carbocycles. The van der Waals surface area contributed by atoms with Crippen molar-refractivity contribution in [2.24, 2.45) is 0 Å². The third-order valence-electron chi connectivity index (χ3n) is 3.15. The van der Waals surface area contributed by atoms with Gasteiger partial charge >= 0.3 is 0 Å². The Bertz CT molecular complexity index is 389. The number of nitrogens with one attached hydrogen (secondary N) is 1. The first-order chi connectivity index (χ1) is 8.24. The molecule has 0 aromatic heterocycles. The lowest BCUT2D eigenvalue weighted by molar-refractivity contribution is 0.347. The van der Waals surface area contributed by atoms with E-state index in [9.17, 15) is 4.39 Å². The number of hydrogen-bond acceptors (Lipinski definition) is 3. The average Bonchev–Trinajstić information content (AvgIpc) is 2.81. The average molecular weight is 239 g/mol. The molecule has 0 spiro atoms. The molecule has 0 amide bonds. The molecule has 17 heavy (non-hydrogen) atoms. The van der Waals surface area contributed by atoms with Gasteiger partial charge < -0.3 is 14.8 Å². The Kier molecular flexibility index (Phi) is 3.84. The molecule has 1 aromatic carbocycles. The van der Waals surface area contributed by atoms with Crippen molar-refractivity contribution in [2.45, 2.75) is 25.3 Å². The lowest BCUT2D eigenvalue weighted by Crippen LogP contribution is -2.24. The summed E-state index contributed by atoms with van der Waals surface area (Å²) < 4.78 is 23.9. The quantitative estimate of drug-likeness (QED) is 0.873. The predicted molar refractivity (Wildman–Crippen MR) is 64.2 cm³/mol. The van der Waals surface area contributed by atoms with Gasteiger partial charge in [0, 0.05) is 17.7 Å². The number of halogens is 1. The van der Waals surface area contributed by atoms with Crippen LogP contribution in [0.2, 0.25) is 0 Å². The fraction of sp³-hybridized carbons (Fsp3) is 0.538. The second-order valence-electron chi connectivity index (χ2n) is 4.30. The van der Waals surface area contributed by atoms with Crippen molar-refractivity contribution < 1.29 is 13.9 Å². The lowest BCUT2D eigenvalue weighted by Gasteiger charge is -2.16. The molecule has 0 radical (unpaired) electrons. The van der Waals surface area contributed by atoms with Crippen molar-refractivity contribution in [1.29, 1.82) is 0 Å². The van der Waals surface area contributed by atoms with Gasteiger partial charge in [0.05, 0.1) is 14.2 Å². The number of ether oxygens (including phenoxy) is 2. The zero-order chi connectivity index (χ0) is 12.3. The van der Waals surface area contributed by atoms with Crippen LogP contribution in [0.5, 0.6) is 11.5 Å². The Morgan fingerprint density at radius 1 is 1.35 bits per heavy atom. The molecule has 4 heteroatoms. The van der Waals surface area contributed by atoms with Gasteiger partial charge in [0.15, 0.2) is 11.5 Å². The Hall–Kier alpha value is -1.29. The summed E-state index contributed by atoms with van der Waals surface area (Å²) in [6.07, 6.45) is 3.08. The molecule has 0 aliphatic carbocycles. The minimum atomic E-state index is -0.282. The Labute approximate surface area is 101 Å². The summed E-state index contributed by atoms with van der Waals surface area (Å²) in [6, 6.07) is 3.29. The maximum atomic E-state index is 13.4. The first-order valence-electron chi connectivity index (χ1n) is 5.88. The molecule has 94 valence electrons. The topological polar surface area (TPSA) is 30.5 Å². The monoisotopic (exact) mass is 239 g/mol. The van der Waals surface area contributed by atoms with E-state index in [1.54, 1.807) is 7.11 Å². The minimum absolute atomic E-state index is 0.282. The van der Waals surface area contributed by atoms with Gasteiger partial charge in [-0.15, -0.1) is 0 Å². The van der Waals surface area contributed by atoms with E-state index in [-0.39, 0.29) is 5.82 Å². The molecule has 2 rings (SSSR count). The second kappa shape index (κ2) is 5.36. The Morgan fingerprint density at radius 2 is 2.18 bits per heavy atom. The van der Waals surface area contributed by atoms with Gasteiger partial charge in [-0.1, -0.05) is 0 Å². The van der Waals surface area contributed by atoms with Gasteiger partial charge in [0.1, 0.15) is 5.82 Å². The summed E-state index contributed by atoms with van der Waals surface area (Å²) in [5.74, 6) is 0.818. The highest BCUT2D eigenvalue weighted by molar-refractivity contribution is 5.47. The van der Waals surface area contributed by atoms with Crippen LogP contribution >= 0.6 is 0 Å². The molecular formula is C13H18FNO2. The summed E-state index contributed by atoms with van der Waals surface area (Å²) in [5, 5.41) is 3.39. The highest BCUT2D eigenvalue weighted by atomic mass is 19.1. The molecule has 0 bridgehead atoms. The molecule has 1 saturated heterocycles. The van der Waals surface area contributed by atoms with E-state index in [2.05, 4.69) is 5.32 Å². The maximum Gasteiger partial charge on any atom is 0.164 e. The van der Waals surface area contributed by atoms with Gasteiger partial charge in [-0.2, -0.15) is 0 Å². The van der Waals surface area contributed by atoms with Crippen LogP contribution < -0.4 is 14.8 Å². The predicted octanol–water partition coefficient (Wildman–Crippen LogP) is 2.14. The fourth-order valence-electron chi connectivity index (χ4n) is 2.35. The summed E-state index contributed by atoms with van der Waals surface area (Å²) in [5.41, 5.74) is 0.865. The third-order valence-corrected chi connectivity index (χ3v) is 3.15. The number of rotatable bonds is 4. The molecular weight excluding hydrogens is 221 g/mol. The molecule has 1 heterocycles. The van der Waals surface area contributed by atoms with Crippen LogP contribution in [0, 0.1) is 5.82 Å². The molecule has 3 nitrogen and oxygen atoms in total. The summed E-state index contributed by atoms with van der Waals surface area (Å²) >= 11 is 0. The van der Waals surface area contributed by atoms with Crippen molar-refractivity contribution in [3.8, 4) is 11.5 Å². The highest BCUT2D eigenvalue weighted by Gasteiger charge is 2.19. The third kappa shape index (κ3) is 2.69. The van der Waals surface area contributed by atoms with E-state index >= 15 is 0 Å². The number of methoxy groups -OCH3 is 2. The zero-order valence-corrected chi connectivity index (χ0v) is 10.3. The van der Waals surface area contributed by atoms with Crippen LogP contribution in [0.4, 0.5) is 4.39 Å². The number of hydrogen-bond donors (Lipinski definition) is 1. The lowest BCUT2D eigenvalue weighted by atomic mass is 10.0. The SMILES string of the molecule is COc1cc(F)cc(CC2CCCN2)c1OC. The van der Waals surface area contributed by atoms with Gasteiger partial charge in [-0.25, -0.2) is 4.39 Å². The molecule has 1 unspecified atom stereocenters. The Morgan fingerprint density at radius 3 is 2.76 bits per heavy atom. The molecule has 1 fully saturated rings. The number of benzene rings is 1. The van der Waals surface area contributed by atoms with Crippen LogP contribution in [0.3, 0.4) is 0 Å². The summed E-state index contributed by atoms with van der Waals surface area (Å²) in [7, 11) is 3.11. The van der Waals surface area contributed by atoms with Crippen molar-refractivity contribution >= 4 is 0 Å². The molecule has 1 N–H and O–H groups in total. The van der Waals surface area contributed by atoms with Crippen LogP contribution in [0.1, 0.15) is 18.4 Å². The molecule has 1 atom stereocenters. The van der Waals surface area contributed by atoms with E-state index in [0.717, 1.165) is 24.9 Å². The normalized spacial score (nSPS) is 19.4. The zero-order valence-electron chi connectivity index (χ0n) is 10.3. The van der Waals surface area contributed by atoms with Gasteiger partial charge in [-0.05, 0) is 31.9 Å². The first-order valence-corrected chi connectivity index (χ1v) is 5.88. The molecule has 1 aliphatic rings. The highest BCUT2D eigenvalue weighted by Crippen LogP contribution is 2.33. The summed E-state index contributed by atoms with van der Waals surface area (Å²) in [4.78, 5) is 0. The maximum absolute atomic E-state index is 13.4. The van der Waals surface area contributed by atoms with Crippen LogP contribution in [0.25, 0.3) is 0 Å². The van der Waals surface area contributed by atoms with E-state index in [0.29, 0.717) is 17.5 Å². The van der Waals surface area contributed by atoms with Crippen LogP contribution in [0.15, 0.2) is 12.1 Å². The van der Waals surface area contributed by atoms with Crippen molar-refractivity contribution in [2.75, 3.05) is 20.8 Å². The molecule has 1 aliphatic heterocycles. The van der Waals surface area contributed by atoms with E-state index in [1.807, 2.05) is 0 Å². The van der Waals surface area contributed by atoms with Crippen molar-refractivity contribution in [3.63, 3.8) is 0 Å².